The van der Waals surface area contributed by atoms with Gasteiger partial charge in [0.15, 0.2) is 11.6 Å². The highest BCUT2D eigenvalue weighted by atomic mass is 19.1. The topological polar surface area (TPSA) is 75.9 Å². The fraction of sp³-hybridized carbons (Fsp3) is 0.273. The third-order valence-corrected chi connectivity index (χ3v) is 5.48. The van der Waals surface area contributed by atoms with E-state index in [1.165, 1.54) is 13.2 Å². The third-order valence-electron chi connectivity index (χ3n) is 5.48. The Bertz CT molecular complexity index is 1010. The highest BCUT2D eigenvalue weighted by molar-refractivity contribution is 6.01. The SMILES string of the molecule is COc1ccc(N2CCN(C(=O)C3=Cc4cc(C(N)=O)ccc4C3)CC2)cc1F. The molecule has 29 heavy (non-hydrogen) atoms. The molecule has 2 N–H and O–H groups in total. The molecule has 0 atom stereocenters. The molecule has 1 fully saturated rings. The van der Waals surface area contributed by atoms with Crippen molar-refractivity contribution >= 4 is 23.6 Å². The van der Waals surface area contributed by atoms with Crippen LogP contribution in [0.1, 0.15) is 21.5 Å². The smallest absolute Gasteiger partial charge is 0.250 e. The molecule has 1 saturated heterocycles. The molecule has 0 radical (unpaired) electrons. The first-order valence-corrected chi connectivity index (χ1v) is 9.47. The number of nitrogens with two attached hydrogens (primary N) is 1. The van der Waals surface area contributed by atoms with Gasteiger partial charge in [0.2, 0.25) is 11.8 Å². The number of piperazine rings is 1. The molecule has 4 rings (SSSR count). The van der Waals surface area contributed by atoms with Crippen LogP contribution in [-0.2, 0) is 11.2 Å². The van der Waals surface area contributed by atoms with Crippen LogP contribution < -0.4 is 15.4 Å². The Morgan fingerprint density at radius 3 is 2.48 bits per heavy atom. The molecule has 1 aliphatic heterocycles. The van der Waals surface area contributed by atoms with Crippen LogP contribution in [-0.4, -0.2) is 50.0 Å². The molecule has 0 bridgehead atoms. The van der Waals surface area contributed by atoms with Gasteiger partial charge in [-0.25, -0.2) is 4.39 Å². The molecular formula is C22H22FN3O3. The van der Waals surface area contributed by atoms with Crippen molar-refractivity contribution in [1.82, 2.24) is 4.90 Å². The molecule has 2 amide bonds. The predicted molar refractivity (Wildman–Crippen MR) is 108 cm³/mol. The summed E-state index contributed by atoms with van der Waals surface area (Å²) in [6.45, 7) is 2.38. The van der Waals surface area contributed by atoms with Gasteiger partial charge in [0.25, 0.3) is 0 Å². The number of hydrogen-bond acceptors (Lipinski definition) is 4. The Labute approximate surface area is 168 Å². The molecule has 1 heterocycles. The van der Waals surface area contributed by atoms with Gasteiger partial charge >= 0.3 is 0 Å². The van der Waals surface area contributed by atoms with Gasteiger partial charge in [-0.15, -0.1) is 0 Å². The Kier molecular flexibility index (Phi) is 4.96. The molecule has 0 aromatic heterocycles. The van der Waals surface area contributed by atoms with Gasteiger partial charge in [-0.1, -0.05) is 6.07 Å². The van der Waals surface area contributed by atoms with Crippen LogP contribution in [0.4, 0.5) is 10.1 Å². The zero-order valence-corrected chi connectivity index (χ0v) is 16.2. The van der Waals surface area contributed by atoms with Crippen molar-refractivity contribution in [1.29, 1.82) is 0 Å². The Balaban J connectivity index is 1.41. The average molecular weight is 395 g/mol. The molecule has 7 heteroatoms. The van der Waals surface area contributed by atoms with Crippen molar-refractivity contribution in [2.24, 2.45) is 5.73 Å². The van der Waals surface area contributed by atoms with Crippen molar-refractivity contribution in [3.63, 3.8) is 0 Å². The normalized spacial score (nSPS) is 15.7. The average Bonchev–Trinajstić information content (AvgIpc) is 3.16. The number of carbonyl (C=O) groups is 2. The van der Waals surface area contributed by atoms with E-state index in [2.05, 4.69) is 4.90 Å². The van der Waals surface area contributed by atoms with E-state index >= 15 is 0 Å². The Hall–Kier alpha value is -3.35. The number of amides is 2. The van der Waals surface area contributed by atoms with Crippen molar-refractivity contribution < 1.29 is 18.7 Å². The number of benzene rings is 2. The van der Waals surface area contributed by atoms with Crippen LogP contribution in [0.5, 0.6) is 5.75 Å². The summed E-state index contributed by atoms with van der Waals surface area (Å²) in [7, 11) is 1.44. The van der Waals surface area contributed by atoms with E-state index in [0.29, 0.717) is 43.7 Å². The fourth-order valence-electron chi connectivity index (χ4n) is 3.85. The monoisotopic (exact) mass is 395 g/mol. The van der Waals surface area contributed by atoms with E-state index < -0.39 is 11.7 Å². The number of rotatable bonds is 4. The summed E-state index contributed by atoms with van der Waals surface area (Å²) in [5.41, 5.74) is 9.16. The van der Waals surface area contributed by atoms with Crippen molar-refractivity contribution in [2.75, 3.05) is 38.2 Å². The van der Waals surface area contributed by atoms with Gasteiger partial charge in [-0.05, 0) is 41.5 Å². The maximum absolute atomic E-state index is 14.0. The zero-order chi connectivity index (χ0) is 20.5. The fourth-order valence-corrected chi connectivity index (χ4v) is 3.85. The number of hydrogen-bond donors (Lipinski definition) is 1. The molecule has 2 aliphatic rings. The van der Waals surface area contributed by atoms with Crippen LogP contribution in [0.2, 0.25) is 0 Å². The first-order chi connectivity index (χ1) is 14.0. The lowest BCUT2D eigenvalue weighted by Gasteiger charge is -2.36. The zero-order valence-electron chi connectivity index (χ0n) is 16.2. The minimum absolute atomic E-state index is 0.00221. The highest BCUT2D eigenvalue weighted by Crippen LogP contribution is 2.28. The second kappa shape index (κ2) is 7.58. The Morgan fingerprint density at radius 2 is 1.83 bits per heavy atom. The van der Waals surface area contributed by atoms with Crippen molar-refractivity contribution in [3.05, 3.63) is 64.5 Å². The number of halogens is 1. The summed E-state index contributed by atoms with van der Waals surface area (Å²) in [4.78, 5) is 28.2. The lowest BCUT2D eigenvalue weighted by atomic mass is 10.1. The molecule has 2 aromatic carbocycles. The lowest BCUT2D eigenvalue weighted by Crippen LogP contribution is -2.49. The number of anilines is 1. The van der Waals surface area contributed by atoms with Crippen molar-refractivity contribution in [2.45, 2.75) is 6.42 Å². The molecule has 2 aromatic rings. The highest BCUT2D eigenvalue weighted by Gasteiger charge is 2.27. The first-order valence-electron chi connectivity index (χ1n) is 9.47. The summed E-state index contributed by atoms with van der Waals surface area (Å²) in [6.07, 6.45) is 2.40. The van der Waals surface area contributed by atoms with Gasteiger partial charge in [-0.2, -0.15) is 0 Å². The molecule has 6 nitrogen and oxygen atoms in total. The van der Waals surface area contributed by atoms with E-state index in [1.54, 1.807) is 18.2 Å². The second-order valence-corrected chi connectivity index (χ2v) is 7.22. The van der Waals surface area contributed by atoms with Crippen LogP contribution in [0.25, 0.3) is 6.08 Å². The van der Waals surface area contributed by atoms with E-state index in [-0.39, 0.29) is 11.7 Å². The van der Waals surface area contributed by atoms with Crippen LogP contribution in [0.3, 0.4) is 0 Å². The van der Waals surface area contributed by atoms with Crippen molar-refractivity contribution in [3.8, 4) is 5.75 Å². The summed E-state index contributed by atoms with van der Waals surface area (Å²) in [5, 5.41) is 0. The van der Waals surface area contributed by atoms with Gasteiger partial charge in [0, 0.05) is 55.5 Å². The molecule has 1 aliphatic carbocycles. The first kappa shape index (κ1) is 19.0. The summed E-state index contributed by atoms with van der Waals surface area (Å²) in [5.74, 6) is -0.656. The number of methoxy groups -OCH3 is 1. The van der Waals surface area contributed by atoms with Crippen LogP contribution >= 0.6 is 0 Å². The molecule has 0 spiro atoms. The van der Waals surface area contributed by atoms with E-state index in [9.17, 15) is 14.0 Å². The summed E-state index contributed by atoms with van der Waals surface area (Å²) >= 11 is 0. The predicted octanol–water partition coefficient (Wildman–Crippen LogP) is 2.22. The van der Waals surface area contributed by atoms with Crippen LogP contribution in [0, 0.1) is 5.82 Å². The summed E-state index contributed by atoms with van der Waals surface area (Å²) < 4.78 is 18.9. The minimum Gasteiger partial charge on any atom is -0.494 e. The Morgan fingerprint density at radius 1 is 1.07 bits per heavy atom. The van der Waals surface area contributed by atoms with Gasteiger partial charge in [0.1, 0.15) is 0 Å². The van der Waals surface area contributed by atoms with Gasteiger partial charge in [0.05, 0.1) is 7.11 Å². The number of fused-ring (bicyclic) bond motifs is 1. The number of primary amides is 1. The maximum Gasteiger partial charge on any atom is 0.250 e. The van der Waals surface area contributed by atoms with E-state index in [0.717, 1.165) is 16.8 Å². The lowest BCUT2D eigenvalue weighted by molar-refractivity contribution is -0.127. The van der Waals surface area contributed by atoms with Gasteiger partial charge in [-0.3, -0.25) is 9.59 Å². The number of nitrogens with zero attached hydrogens (tertiary/aromatic N) is 2. The molecular weight excluding hydrogens is 373 g/mol. The summed E-state index contributed by atoms with van der Waals surface area (Å²) in [6, 6.07) is 10.2. The third kappa shape index (κ3) is 3.68. The van der Waals surface area contributed by atoms with Gasteiger partial charge < -0.3 is 20.3 Å². The second-order valence-electron chi connectivity index (χ2n) is 7.22. The standard InChI is InChI=1S/C22H22FN3O3/c1-29-20-5-4-18(13-19(20)23)25-6-8-26(9-7-25)22(28)17-10-14-2-3-15(21(24)27)11-16(14)12-17/h2-5,11-13H,6-10H2,1H3,(H2,24,27). The van der Waals surface area contributed by atoms with Crippen LogP contribution in [0.15, 0.2) is 42.0 Å². The molecule has 0 saturated carbocycles. The minimum atomic E-state index is -0.480. The number of ether oxygens (including phenoxy) is 1. The number of carbonyl (C=O) groups excluding carboxylic acids is 2. The largest absolute Gasteiger partial charge is 0.494 e. The van der Waals surface area contributed by atoms with E-state index in [1.807, 2.05) is 23.1 Å². The molecule has 150 valence electrons. The molecule has 0 unspecified atom stereocenters. The quantitative estimate of drug-likeness (QED) is 0.861. The maximum atomic E-state index is 14.0. The van der Waals surface area contributed by atoms with E-state index in [4.69, 9.17) is 10.5 Å².